The standard InChI is InChI=1S/C32H55N3O4S/c1-6-11-28(26(3)4)29(36)31(5,14-7-2)25-33-30(37)32(27-12-9-8-10-13-27)15-17-34(18-16-32)19-20-35-21-23-40(38,39)24-22-35/h8-10,12-13,26,28-29,36H,6-7,11,14-25H2,1-5H3,(H,33,37)/t28-,29?,31?/m1/s1. The molecule has 2 aliphatic rings. The molecule has 1 aromatic carbocycles. The van der Waals surface area contributed by atoms with Gasteiger partial charge in [-0.05, 0) is 56.2 Å². The monoisotopic (exact) mass is 577 g/mol. The van der Waals surface area contributed by atoms with Crippen LogP contribution in [0.4, 0.5) is 0 Å². The van der Waals surface area contributed by atoms with E-state index in [-0.39, 0.29) is 28.7 Å². The van der Waals surface area contributed by atoms with E-state index in [1.807, 2.05) is 18.2 Å². The number of rotatable bonds is 14. The van der Waals surface area contributed by atoms with Crippen LogP contribution in [0.15, 0.2) is 30.3 Å². The van der Waals surface area contributed by atoms with E-state index in [9.17, 15) is 18.3 Å². The normalized spacial score (nSPS) is 22.9. The largest absolute Gasteiger partial charge is 0.392 e. The van der Waals surface area contributed by atoms with Gasteiger partial charge >= 0.3 is 0 Å². The van der Waals surface area contributed by atoms with Gasteiger partial charge in [0.05, 0.1) is 23.0 Å². The van der Waals surface area contributed by atoms with E-state index < -0.39 is 21.4 Å². The number of aliphatic hydroxyl groups excluding tert-OH is 1. The van der Waals surface area contributed by atoms with Gasteiger partial charge in [0.1, 0.15) is 0 Å². The highest BCUT2D eigenvalue weighted by Gasteiger charge is 2.45. The van der Waals surface area contributed by atoms with Crippen LogP contribution in [0.5, 0.6) is 0 Å². The molecule has 2 fully saturated rings. The summed E-state index contributed by atoms with van der Waals surface area (Å²) >= 11 is 0. The van der Waals surface area contributed by atoms with E-state index in [1.165, 1.54) is 0 Å². The molecule has 3 atom stereocenters. The summed E-state index contributed by atoms with van der Waals surface area (Å²) in [4.78, 5) is 18.8. The SMILES string of the molecule is CCC[C@H](C(C)C)C(O)C(C)(CCC)CNC(=O)C1(c2ccccc2)CCN(CCN2CCS(=O)(=O)CC2)CC1. The second kappa shape index (κ2) is 14.6. The summed E-state index contributed by atoms with van der Waals surface area (Å²) in [7, 11) is -2.87. The molecule has 0 aliphatic carbocycles. The van der Waals surface area contributed by atoms with Crippen molar-refractivity contribution in [1.29, 1.82) is 0 Å². The predicted octanol–water partition coefficient (Wildman–Crippen LogP) is 4.11. The van der Waals surface area contributed by atoms with Crippen molar-refractivity contribution in [2.75, 3.05) is 57.3 Å². The minimum atomic E-state index is -2.87. The Hall–Kier alpha value is -1.48. The fourth-order valence-electron chi connectivity index (χ4n) is 6.89. The quantitative estimate of drug-likeness (QED) is 0.346. The van der Waals surface area contributed by atoms with Crippen molar-refractivity contribution in [1.82, 2.24) is 15.1 Å². The van der Waals surface area contributed by atoms with Crippen molar-refractivity contribution in [3.63, 3.8) is 0 Å². The number of amides is 1. The smallest absolute Gasteiger partial charge is 0.230 e. The number of carbonyl (C=O) groups is 1. The van der Waals surface area contributed by atoms with Gasteiger partial charge < -0.3 is 20.2 Å². The van der Waals surface area contributed by atoms with Crippen molar-refractivity contribution in [3.05, 3.63) is 35.9 Å². The lowest BCUT2D eigenvalue weighted by Gasteiger charge is -2.44. The van der Waals surface area contributed by atoms with E-state index in [2.05, 4.69) is 61.9 Å². The Bertz CT molecular complexity index is 1010. The summed E-state index contributed by atoms with van der Waals surface area (Å²) in [5.41, 5.74) is 0.0995. The number of likely N-dealkylation sites (tertiary alicyclic amines) is 1. The van der Waals surface area contributed by atoms with Crippen LogP contribution in [0.1, 0.15) is 78.7 Å². The van der Waals surface area contributed by atoms with E-state index in [0.29, 0.717) is 25.6 Å². The Labute approximate surface area is 244 Å². The zero-order chi connectivity index (χ0) is 29.4. The van der Waals surface area contributed by atoms with Gasteiger partial charge in [-0.1, -0.05) is 77.8 Å². The van der Waals surface area contributed by atoms with Crippen molar-refractivity contribution in [2.24, 2.45) is 17.3 Å². The number of hydrogen-bond acceptors (Lipinski definition) is 6. The summed E-state index contributed by atoms with van der Waals surface area (Å²) in [6.45, 7) is 16.0. The molecule has 0 bridgehead atoms. The third-order valence-corrected chi connectivity index (χ3v) is 11.3. The lowest BCUT2D eigenvalue weighted by molar-refractivity contribution is -0.130. The third-order valence-electron chi connectivity index (χ3n) is 9.71. The summed E-state index contributed by atoms with van der Waals surface area (Å²) in [6.07, 6.45) is 4.88. The lowest BCUT2D eigenvalue weighted by Crippen LogP contribution is -2.55. The Morgan fingerprint density at radius 2 is 1.57 bits per heavy atom. The number of benzene rings is 1. The minimum Gasteiger partial charge on any atom is -0.392 e. The van der Waals surface area contributed by atoms with Crippen molar-refractivity contribution in [2.45, 2.75) is 84.7 Å². The number of hydrogen-bond donors (Lipinski definition) is 2. The zero-order valence-corrected chi connectivity index (χ0v) is 26.5. The maximum absolute atomic E-state index is 14.1. The van der Waals surface area contributed by atoms with Crippen LogP contribution in [-0.2, 0) is 20.0 Å². The number of aliphatic hydroxyl groups is 1. The average Bonchev–Trinajstić information content (AvgIpc) is 2.94. The van der Waals surface area contributed by atoms with Gasteiger partial charge in [-0.3, -0.25) is 4.79 Å². The molecule has 1 amide bonds. The van der Waals surface area contributed by atoms with E-state index in [1.54, 1.807) is 0 Å². The van der Waals surface area contributed by atoms with Gasteiger partial charge in [0.25, 0.3) is 0 Å². The van der Waals surface area contributed by atoms with Crippen LogP contribution in [0.2, 0.25) is 0 Å². The molecule has 40 heavy (non-hydrogen) atoms. The molecule has 0 aromatic heterocycles. The highest BCUT2D eigenvalue weighted by molar-refractivity contribution is 7.91. The highest BCUT2D eigenvalue weighted by Crippen LogP contribution is 2.39. The second-order valence-electron chi connectivity index (χ2n) is 13.0. The number of nitrogens with one attached hydrogen (secondary N) is 1. The highest BCUT2D eigenvalue weighted by atomic mass is 32.2. The van der Waals surface area contributed by atoms with E-state index in [4.69, 9.17) is 0 Å². The Morgan fingerprint density at radius 1 is 1.00 bits per heavy atom. The third kappa shape index (κ3) is 8.30. The number of piperidine rings is 1. The van der Waals surface area contributed by atoms with Crippen LogP contribution in [-0.4, -0.2) is 92.7 Å². The average molecular weight is 578 g/mol. The molecule has 2 heterocycles. The minimum absolute atomic E-state index is 0.0747. The summed E-state index contributed by atoms with van der Waals surface area (Å²) in [5, 5.41) is 15.0. The Balaban J connectivity index is 1.68. The van der Waals surface area contributed by atoms with E-state index >= 15 is 0 Å². The van der Waals surface area contributed by atoms with Crippen LogP contribution < -0.4 is 5.32 Å². The van der Waals surface area contributed by atoms with Gasteiger partial charge in [0, 0.05) is 38.1 Å². The van der Waals surface area contributed by atoms with Crippen LogP contribution in [0.25, 0.3) is 0 Å². The molecule has 8 heteroatoms. The molecule has 3 rings (SSSR count). The number of carbonyl (C=O) groups excluding carboxylic acids is 1. The van der Waals surface area contributed by atoms with Gasteiger partial charge in [-0.2, -0.15) is 0 Å². The first-order valence-corrected chi connectivity index (χ1v) is 17.5. The first-order chi connectivity index (χ1) is 19.0. The fourth-order valence-corrected chi connectivity index (χ4v) is 8.17. The van der Waals surface area contributed by atoms with Crippen molar-refractivity contribution < 1.29 is 18.3 Å². The summed E-state index contributed by atoms with van der Waals surface area (Å²) < 4.78 is 23.5. The molecule has 7 nitrogen and oxygen atoms in total. The van der Waals surface area contributed by atoms with Crippen LogP contribution >= 0.6 is 0 Å². The molecule has 2 saturated heterocycles. The first-order valence-electron chi connectivity index (χ1n) is 15.6. The van der Waals surface area contributed by atoms with Crippen molar-refractivity contribution >= 4 is 15.7 Å². The first kappa shape index (κ1) is 33.0. The Morgan fingerprint density at radius 3 is 2.10 bits per heavy atom. The molecule has 2 aliphatic heterocycles. The van der Waals surface area contributed by atoms with Gasteiger partial charge in [0.2, 0.25) is 5.91 Å². The molecule has 0 radical (unpaired) electrons. The zero-order valence-electron chi connectivity index (χ0n) is 25.7. The van der Waals surface area contributed by atoms with Crippen molar-refractivity contribution in [3.8, 4) is 0 Å². The molecular weight excluding hydrogens is 522 g/mol. The second-order valence-corrected chi connectivity index (χ2v) is 15.3. The van der Waals surface area contributed by atoms with Crippen LogP contribution in [0, 0.1) is 17.3 Å². The number of sulfone groups is 1. The molecule has 0 saturated carbocycles. The molecule has 1 aromatic rings. The fraction of sp³-hybridized carbons (Fsp3) is 0.781. The van der Waals surface area contributed by atoms with Gasteiger partial charge in [0.15, 0.2) is 9.84 Å². The molecular formula is C32H55N3O4S. The lowest BCUT2D eigenvalue weighted by atomic mass is 9.69. The summed E-state index contributed by atoms with van der Waals surface area (Å²) in [5.74, 6) is 1.19. The molecule has 2 unspecified atom stereocenters. The predicted molar refractivity (Wildman–Crippen MR) is 164 cm³/mol. The summed E-state index contributed by atoms with van der Waals surface area (Å²) in [6, 6.07) is 10.2. The topological polar surface area (TPSA) is 89.9 Å². The van der Waals surface area contributed by atoms with E-state index in [0.717, 1.165) is 70.3 Å². The molecule has 2 N–H and O–H groups in total. The maximum atomic E-state index is 14.1. The molecule has 228 valence electrons. The maximum Gasteiger partial charge on any atom is 0.230 e. The molecule has 0 spiro atoms. The van der Waals surface area contributed by atoms with Gasteiger partial charge in [-0.25, -0.2) is 8.42 Å². The Kier molecular flexibility index (Phi) is 12.1. The number of nitrogens with zero attached hydrogens (tertiary/aromatic N) is 2. The van der Waals surface area contributed by atoms with Crippen LogP contribution in [0.3, 0.4) is 0 Å². The van der Waals surface area contributed by atoms with Gasteiger partial charge in [-0.15, -0.1) is 0 Å².